The number of rotatable bonds is 10. The van der Waals surface area contributed by atoms with E-state index >= 15 is 0 Å². The third-order valence-electron chi connectivity index (χ3n) is 3.15. The van der Waals surface area contributed by atoms with Gasteiger partial charge in [-0.15, -0.1) is 0 Å². The Balaban J connectivity index is 4.48. The summed E-state index contributed by atoms with van der Waals surface area (Å²) in [5, 5.41) is 0. The van der Waals surface area contributed by atoms with Gasteiger partial charge < -0.3 is 9.64 Å². The van der Waals surface area contributed by atoms with Crippen molar-refractivity contribution in [3.05, 3.63) is 0 Å². The number of aliphatic imine (C=N–C) groups is 1. The van der Waals surface area contributed by atoms with Gasteiger partial charge in [0, 0.05) is 33.4 Å². The minimum Gasteiger partial charge on any atom is -0.385 e. The molecule has 0 rings (SSSR count). The highest BCUT2D eigenvalue weighted by Crippen LogP contribution is 2.07. The number of nitrogens with two attached hydrogens (primary N) is 1. The van der Waals surface area contributed by atoms with Crippen LogP contribution in [0, 0.1) is 11.8 Å². The van der Waals surface area contributed by atoms with Gasteiger partial charge in [-0.05, 0) is 31.1 Å². The molecule has 3 N–H and O–H groups in total. The van der Waals surface area contributed by atoms with Gasteiger partial charge in [-0.1, -0.05) is 27.7 Å². The van der Waals surface area contributed by atoms with Gasteiger partial charge in [-0.3, -0.25) is 10.4 Å². The predicted octanol–water partition coefficient (Wildman–Crippen LogP) is 2.24. The van der Waals surface area contributed by atoms with Gasteiger partial charge in [0.2, 0.25) is 5.96 Å². The molecule has 120 valence electrons. The lowest BCUT2D eigenvalue weighted by atomic mass is 10.1. The van der Waals surface area contributed by atoms with E-state index in [0.717, 1.165) is 51.5 Å². The summed E-state index contributed by atoms with van der Waals surface area (Å²) in [5.41, 5.74) is 2.76. The van der Waals surface area contributed by atoms with Crippen molar-refractivity contribution >= 4 is 5.96 Å². The van der Waals surface area contributed by atoms with Gasteiger partial charge in [0.25, 0.3) is 0 Å². The second kappa shape index (κ2) is 12.0. The molecule has 5 heteroatoms. The van der Waals surface area contributed by atoms with Crippen LogP contribution in [0.25, 0.3) is 0 Å². The first-order chi connectivity index (χ1) is 9.51. The zero-order chi connectivity index (χ0) is 15.4. The summed E-state index contributed by atoms with van der Waals surface area (Å²) in [6.07, 6.45) is 3.22. The van der Waals surface area contributed by atoms with Crippen LogP contribution in [0.4, 0.5) is 0 Å². The second-order valence-electron chi connectivity index (χ2n) is 6.05. The Morgan fingerprint density at radius 2 is 1.70 bits per heavy atom. The molecule has 0 radical (unpaired) electrons. The fourth-order valence-corrected chi connectivity index (χ4v) is 1.78. The van der Waals surface area contributed by atoms with E-state index in [4.69, 9.17) is 10.6 Å². The van der Waals surface area contributed by atoms with E-state index in [1.807, 2.05) is 0 Å². The van der Waals surface area contributed by atoms with Crippen LogP contribution in [0.3, 0.4) is 0 Å². The molecule has 0 unspecified atom stereocenters. The van der Waals surface area contributed by atoms with E-state index < -0.39 is 0 Å². The molecule has 0 heterocycles. The van der Waals surface area contributed by atoms with Crippen LogP contribution < -0.4 is 11.3 Å². The number of guanidine groups is 1. The van der Waals surface area contributed by atoms with Gasteiger partial charge in [0.05, 0.1) is 0 Å². The molecule has 0 spiro atoms. The van der Waals surface area contributed by atoms with E-state index in [1.54, 1.807) is 7.11 Å². The van der Waals surface area contributed by atoms with E-state index in [1.165, 1.54) is 0 Å². The maximum absolute atomic E-state index is 5.65. The van der Waals surface area contributed by atoms with Gasteiger partial charge in [0.15, 0.2) is 0 Å². The Morgan fingerprint density at radius 3 is 2.10 bits per heavy atom. The lowest BCUT2D eigenvalue weighted by Gasteiger charge is -2.27. The molecule has 0 aliphatic carbocycles. The van der Waals surface area contributed by atoms with E-state index in [0.29, 0.717) is 11.8 Å². The molecule has 0 aromatic carbocycles. The van der Waals surface area contributed by atoms with Crippen molar-refractivity contribution in [3.8, 4) is 0 Å². The highest BCUT2D eigenvalue weighted by molar-refractivity contribution is 5.79. The van der Waals surface area contributed by atoms with Gasteiger partial charge in [0.1, 0.15) is 0 Å². The number of ether oxygens (including phenoxy) is 1. The zero-order valence-corrected chi connectivity index (χ0v) is 14.0. The molecule has 0 aliphatic heterocycles. The summed E-state index contributed by atoms with van der Waals surface area (Å²) in [7, 11) is 1.71. The number of hydrazine groups is 1. The lowest BCUT2D eigenvalue weighted by Crippen LogP contribution is -2.46. The maximum Gasteiger partial charge on any atom is 0.208 e. The largest absolute Gasteiger partial charge is 0.385 e. The quantitative estimate of drug-likeness (QED) is 0.212. The third-order valence-corrected chi connectivity index (χ3v) is 3.15. The monoisotopic (exact) mass is 286 g/mol. The Labute approximate surface area is 124 Å². The number of nitrogens with zero attached hydrogens (tertiary/aromatic N) is 2. The van der Waals surface area contributed by atoms with Crippen LogP contribution in [0.2, 0.25) is 0 Å². The highest BCUT2D eigenvalue weighted by atomic mass is 16.5. The van der Waals surface area contributed by atoms with Crippen LogP contribution in [-0.2, 0) is 4.74 Å². The summed E-state index contributed by atoms with van der Waals surface area (Å²) < 4.78 is 5.04. The average molecular weight is 286 g/mol. The Morgan fingerprint density at radius 1 is 1.15 bits per heavy atom. The van der Waals surface area contributed by atoms with E-state index in [9.17, 15) is 0 Å². The SMILES string of the molecule is COCCCN=C(NN)N(CCC(C)C)CCC(C)C. The highest BCUT2D eigenvalue weighted by Gasteiger charge is 2.11. The molecule has 0 saturated carbocycles. The Hall–Kier alpha value is -0.810. The zero-order valence-electron chi connectivity index (χ0n) is 14.0. The average Bonchev–Trinajstić information content (AvgIpc) is 2.39. The molecular formula is C15H34N4O. The first-order valence-corrected chi connectivity index (χ1v) is 7.76. The molecule has 0 fully saturated rings. The first kappa shape index (κ1) is 19.2. The molecule has 0 aliphatic rings. The third kappa shape index (κ3) is 10.0. The standard InChI is InChI=1S/C15H34N4O/c1-13(2)7-10-19(11-8-14(3)4)15(18-16)17-9-6-12-20-5/h13-14H,6-12,16H2,1-5H3,(H,17,18). The van der Waals surface area contributed by atoms with Crippen LogP contribution >= 0.6 is 0 Å². The summed E-state index contributed by atoms with van der Waals surface area (Å²) in [6.45, 7) is 12.4. The van der Waals surface area contributed by atoms with Crippen molar-refractivity contribution in [2.75, 3.05) is 33.4 Å². The summed E-state index contributed by atoms with van der Waals surface area (Å²) >= 11 is 0. The molecule has 0 aromatic rings. The van der Waals surface area contributed by atoms with Crippen molar-refractivity contribution in [1.82, 2.24) is 10.3 Å². The topological polar surface area (TPSA) is 62.9 Å². The number of hydrogen-bond donors (Lipinski definition) is 2. The van der Waals surface area contributed by atoms with Gasteiger partial charge in [-0.2, -0.15) is 0 Å². The van der Waals surface area contributed by atoms with Crippen LogP contribution in [0.5, 0.6) is 0 Å². The summed E-state index contributed by atoms with van der Waals surface area (Å²) in [6, 6.07) is 0. The predicted molar refractivity (Wildman–Crippen MR) is 86.6 cm³/mol. The van der Waals surface area contributed by atoms with E-state index in [-0.39, 0.29) is 0 Å². The van der Waals surface area contributed by atoms with Crippen LogP contribution in [0.15, 0.2) is 4.99 Å². The van der Waals surface area contributed by atoms with Crippen molar-refractivity contribution in [1.29, 1.82) is 0 Å². The van der Waals surface area contributed by atoms with E-state index in [2.05, 4.69) is 43.0 Å². The van der Waals surface area contributed by atoms with Crippen molar-refractivity contribution < 1.29 is 4.74 Å². The normalized spacial score (nSPS) is 12.3. The maximum atomic E-state index is 5.65. The lowest BCUT2D eigenvalue weighted by molar-refractivity contribution is 0.196. The van der Waals surface area contributed by atoms with Crippen LogP contribution in [0.1, 0.15) is 47.0 Å². The Bertz CT molecular complexity index is 242. The number of nitrogens with one attached hydrogen (secondary N) is 1. The Kier molecular flexibility index (Phi) is 11.5. The van der Waals surface area contributed by atoms with Crippen LogP contribution in [-0.4, -0.2) is 44.2 Å². The van der Waals surface area contributed by atoms with Crippen molar-refractivity contribution in [2.24, 2.45) is 22.7 Å². The fourth-order valence-electron chi connectivity index (χ4n) is 1.78. The minimum absolute atomic E-state index is 0.684. The molecule has 0 amide bonds. The summed E-state index contributed by atoms with van der Waals surface area (Å²) in [5.74, 6) is 7.82. The molecule has 20 heavy (non-hydrogen) atoms. The van der Waals surface area contributed by atoms with Gasteiger partial charge in [-0.25, -0.2) is 5.84 Å². The van der Waals surface area contributed by atoms with Gasteiger partial charge >= 0.3 is 0 Å². The fraction of sp³-hybridized carbons (Fsp3) is 0.933. The number of methoxy groups -OCH3 is 1. The molecule has 0 aromatic heterocycles. The number of hydrogen-bond acceptors (Lipinski definition) is 3. The summed E-state index contributed by atoms with van der Waals surface area (Å²) in [4.78, 5) is 6.83. The first-order valence-electron chi connectivity index (χ1n) is 7.76. The minimum atomic E-state index is 0.684. The molecule has 0 atom stereocenters. The molecule has 5 nitrogen and oxygen atoms in total. The smallest absolute Gasteiger partial charge is 0.208 e. The second-order valence-corrected chi connectivity index (χ2v) is 6.05. The van der Waals surface area contributed by atoms with Crippen molar-refractivity contribution in [3.63, 3.8) is 0 Å². The molecule has 0 saturated heterocycles. The van der Waals surface area contributed by atoms with Crippen molar-refractivity contribution in [2.45, 2.75) is 47.0 Å². The molecular weight excluding hydrogens is 252 g/mol. The molecule has 0 bridgehead atoms.